The van der Waals surface area contributed by atoms with Gasteiger partial charge in [0.15, 0.2) is 0 Å². The van der Waals surface area contributed by atoms with Gasteiger partial charge in [0.05, 0.1) is 5.52 Å². The van der Waals surface area contributed by atoms with Crippen molar-refractivity contribution < 1.29 is 0 Å². The van der Waals surface area contributed by atoms with Crippen LogP contribution in [0.3, 0.4) is 0 Å². The highest BCUT2D eigenvalue weighted by molar-refractivity contribution is 5.90. The summed E-state index contributed by atoms with van der Waals surface area (Å²) >= 11 is 0. The summed E-state index contributed by atoms with van der Waals surface area (Å²) in [4.78, 5) is 7.11. The number of hydrogen-bond acceptors (Lipinski definition) is 2. The summed E-state index contributed by atoms with van der Waals surface area (Å²) in [7, 11) is 0. The molecule has 4 heteroatoms. The summed E-state index contributed by atoms with van der Waals surface area (Å²) < 4.78 is 0. The zero-order valence-electron chi connectivity index (χ0n) is 11.2. The van der Waals surface area contributed by atoms with Crippen LogP contribution in [0.1, 0.15) is 11.1 Å². The van der Waals surface area contributed by atoms with Crippen LogP contribution in [0.2, 0.25) is 0 Å². The standard InChI is InChI=1S/C17H12N4/c18-21-20-15-9-6-13(7-10-15)5-8-14-11-12-19-17-4-2-1-3-16(14)17/h1-12H. The fourth-order valence-electron chi connectivity index (χ4n) is 2.15. The lowest BCUT2D eigenvalue weighted by molar-refractivity contribution is 1.41. The molecule has 0 spiro atoms. The average Bonchev–Trinajstić information content (AvgIpc) is 2.54. The number of hydrogen-bond donors (Lipinski definition) is 0. The average molecular weight is 272 g/mol. The van der Waals surface area contributed by atoms with Gasteiger partial charge in [-0.1, -0.05) is 59.7 Å². The number of azide groups is 1. The molecule has 0 radical (unpaired) electrons. The van der Waals surface area contributed by atoms with Crippen molar-refractivity contribution in [3.8, 4) is 0 Å². The van der Waals surface area contributed by atoms with Crippen molar-refractivity contribution in [3.63, 3.8) is 0 Å². The normalized spacial score (nSPS) is 10.7. The Hall–Kier alpha value is -3.10. The van der Waals surface area contributed by atoms with Crippen molar-refractivity contribution in [1.82, 2.24) is 4.98 Å². The number of nitrogens with zero attached hydrogens (tertiary/aromatic N) is 4. The first-order valence-corrected chi connectivity index (χ1v) is 6.54. The van der Waals surface area contributed by atoms with Crippen molar-refractivity contribution in [2.45, 2.75) is 0 Å². The van der Waals surface area contributed by atoms with E-state index in [1.807, 2.05) is 48.7 Å². The van der Waals surface area contributed by atoms with E-state index in [1.54, 1.807) is 12.1 Å². The fraction of sp³-hybridized carbons (Fsp3) is 0. The molecule has 4 nitrogen and oxygen atoms in total. The van der Waals surface area contributed by atoms with E-state index in [-0.39, 0.29) is 0 Å². The lowest BCUT2D eigenvalue weighted by Gasteiger charge is -2.01. The third-order valence-corrected chi connectivity index (χ3v) is 3.19. The lowest BCUT2D eigenvalue weighted by atomic mass is 10.1. The Labute approximate surface area is 122 Å². The number of para-hydroxylation sites is 1. The molecule has 1 aromatic heterocycles. The van der Waals surface area contributed by atoms with Crippen molar-refractivity contribution in [1.29, 1.82) is 0 Å². The maximum absolute atomic E-state index is 8.38. The first-order valence-electron chi connectivity index (χ1n) is 6.54. The van der Waals surface area contributed by atoms with Gasteiger partial charge in [-0.05, 0) is 28.8 Å². The van der Waals surface area contributed by atoms with E-state index in [1.165, 1.54) is 0 Å². The second-order valence-corrected chi connectivity index (χ2v) is 4.53. The van der Waals surface area contributed by atoms with E-state index in [9.17, 15) is 0 Å². The van der Waals surface area contributed by atoms with E-state index >= 15 is 0 Å². The molecule has 0 saturated carbocycles. The minimum Gasteiger partial charge on any atom is -0.256 e. The second-order valence-electron chi connectivity index (χ2n) is 4.53. The van der Waals surface area contributed by atoms with E-state index in [2.05, 4.69) is 27.2 Å². The highest BCUT2D eigenvalue weighted by atomic mass is 15.1. The van der Waals surface area contributed by atoms with E-state index in [4.69, 9.17) is 5.53 Å². The molecule has 21 heavy (non-hydrogen) atoms. The van der Waals surface area contributed by atoms with E-state index in [0.717, 1.165) is 22.0 Å². The van der Waals surface area contributed by atoms with Crippen LogP contribution in [0.15, 0.2) is 65.9 Å². The van der Waals surface area contributed by atoms with Crippen LogP contribution < -0.4 is 0 Å². The minimum absolute atomic E-state index is 0.615. The van der Waals surface area contributed by atoms with Crippen LogP contribution in [-0.4, -0.2) is 4.98 Å². The molecule has 100 valence electrons. The maximum atomic E-state index is 8.38. The van der Waals surface area contributed by atoms with Crippen molar-refractivity contribution >= 4 is 28.7 Å². The van der Waals surface area contributed by atoms with Crippen LogP contribution in [-0.2, 0) is 0 Å². The molecule has 0 saturated heterocycles. The van der Waals surface area contributed by atoms with Crippen LogP contribution in [0.5, 0.6) is 0 Å². The summed E-state index contributed by atoms with van der Waals surface area (Å²) in [5.74, 6) is 0. The summed E-state index contributed by atoms with van der Waals surface area (Å²) in [6, 6.07) is 17.5. The molecule has 0 atom stereocenters. The Morgan fingerprint density at radius 3 is 2.57 bits per heavy atom. The van der Waals surface area contributed by atoms with Gasteiger partial charge in [0.25, 0.3) is 0 Å². The number of rotatable bonds is 3. The molecule has 0 fully saturated rings. The first-order chi connectivity index (χ1) is 10.4. The molecule has 0 aliphatic carbocycles. The van der Waals surface area contributed by atoms with Gasteiger partial charge in [0.1, 0.15) is 0 Å². The Morgan fingerprint density at radius 2 is 1.76 bits per heavy atom. The van der Waals surface area contributed by atoms with Gasteiger partial charge in [-0.15, -0.1) is 0 Å². The van der Waals surface area contributed by atoms with Gasteiger partial charge in [0, 0.05) is 22.2 Å². The molecule has 2 aromatic carbocycles. The van der Waals surface area contributed by atoms with Gasteiger partial charge in [-0.3, -0.25) is 4.98 Å². The highest BCUT2D eigenvalue weighted by Gasteiger charge is 1.97. The van der Waals surface area contributed by atoms with Crippen molar-refractivity contribution in [2.24, 2.45) is 5.11 Å². The SMILES string of the molecule is [N-]=[N+]=Nc1ccc(C=Cc2ccnc3ccccc23)cc1. The Morgan fingerprint density at radius 1 is 0.952 bits per heavy atom. The third-order valence-electron chi connectivity index (χ3n) is 3.19. The summed E-state index contributed by atoms with van der Waals surface area (Å²) in [5.41, 5.74) is 12.2. The Balaban J connectivity index is 1.92. The zero-order valence-corrected chi connectivity index (χ0v) is 11.2. The Kier molecular flexibility index (Phi) is 3.63. The van der Waals surface area contributed by atoms with Crippen molar-refractivity contribution in [2.75, 3.05) is 0 Å². The predicted octanol–water partition coefficient (Wildman–Crippen LogP) is 5.35. The largest absolute Gasteiger partial charge is 0.256 e. The topological polar surface area (TPSA) is 61.7 Å². The van der Waals surface area contributed by atoms with Crippen LogP contribution in [0.25, 0.3) is 33.5 Å². The summed E-state index contributed by atoms with van der Waals surface area (Å²) in [6.07, 6.45) is 5.90. The second kappa shape index (κ2) is 5.90. The van der Waals surface area contributed by atoms with Gasteiger partial charge in [0.2, 0.25) is 0 Å². The number of aromatic nitrogens is 1. The zero-order chi connectivity index (χ0) is 14.5. The van der Waals surface area contributed by atoms with Gasteiger partial charge >= 0.3 is 0 Å². The van der Waals surface area contributed by atoms with Crippen LogP contribution in [0.4, 0.5) is 5.69 Å². The summed E-state index contributed by atoms with van der Waals surface area (Å²) in [6.45, 7) is 0. The smallest absolute Gasteiger partial charge is 0.0707 e. The number of fused-ring (bicyclic) bond motifs is 1. The monoisotopic (exact) mass is 272 g/mol. The first kappa shape index (κ1) is 12.9. The molecular formula is C17H12N4. The quantitative estimate of drug-likeness (QED) is 0.360. The molecule has 0 aliphatic heterocycles. The van der Waals surface area contributed by atoms with Gasteiger partial charge in [-0.2, -0.15) is 0 Å². The third kappa shape index (κ3) is 2.91. The van der Waals surface area contributed by atoms with Crippen LogP contribution in [0, 0.1) is 0 Å². The molecule has 0 N–H and O–H groups in total. The Bertz CT molecular complexity index is 839. The van der Waals surface area contributed by atoms with E-state index in [0.29, 0.717) is 5.69 Å². The minimum atomic E-state index is 0.615. The molecule has 0 amide bonds. The number of pyridine rings is 1. The predicted molar refractivity (Wildman–Crippen MR) is 85.9 cm³/mol. The fourth-order valence-corrected chi connectivity index (χ4v) is 2.15. The number of benzene rings is 2. The van der Waals surface area contributed by atoms with Crippen molar-refractivity contribution in [3.05, 3.63) is 82.4 Å². The lowest BCUT2D eigenvalue weighted by Crippen LogP contribution is -1.81. The molecule has 0 bridgehead atoms. The molecule has 1 heterocycles. The molecule has 3 rings (SSSR count). The molecule has 0 aliphatic rings. The van der Waals surface area contributed by atoms with E-state index < -0.39 is 0 Å². The maximum Gasteiger partial charge on any atom is 0.0707 e. The highest BCUT2D eigenvalue weighted by Crippen LogP contribution is 2.19. The van der Waals surface area contributed by atoms with Gasteiger partial charge < -0.3 is 0 Å². The molecular weight excluding hydrogens is 260 g/mol. The molecule has 0 unspecified atom stereocenters. The molecule has 3 aromatic rings. The van der Waals surface area contributed by atoms with Gasteiger partial charge in [-0.25, -0.2) is 0 Å². The van der Waals surface area contributed by atoms with Crippen LogP contribution >= 0.6 is 0 Å². The summed E-state index contributed by atoms with van der Waals surface area (Å²) in [5, 5.41) is 4.68.